The Morgan fingerprint density at radius 2 is 1.45 bits per heavy atom. The Hall–Kier alpha value is -4.12. The van der Waals surface area contributed by atoms with E-state index in [1.807, 2.05) is 54.4 Å². The first-order valence-corrected chi connectivity index (χ1v) is 13.3. The van der Waals surface area contributed by atoms with E-state index in [9.17, 15) is 31.1 Å². The molecule has 42 heavy (non-hydrogen) atoms. The van der Waals surface area contributed by atoms with Gasteiger partial charge in [-0.05, 0) is 53.2 Å². The third-order valence-electron chi connectivity index (χ3n) is 7.46. The fraction of sp³-hybridized carbons (Fsp3) is 0.290. The molecule has 0 radical (unpaired) electrons. The number of nitrogens with zero attached hydrogens (tertiary/aromatic N) is 3. The number of likely N-dealkylation sites (N-methyl/N-ethyl adjacent to an activating group) is 1. The molecular weight excluding hydrogens is 558 g/mol. The number of hydrogen-bond acceptors (Lipinski definition) is 4. The van der Waals surface area contributed by atoms with Crippen molar-refractivity contribution in [1.82, 2.24) is 15.2 Å². The minimum Gasteiger partial charge on any atom is -0.355 e. The number of amides is 1. The molecule has 0 saturated carbocycles. The van der Waals surface area contributed by atoms with Crippen molar-refractivity contribution >= 4 is 22.5 Å². The fourth-order valence-corrected chi connectivity index (χ4v) is 5.27. The van der Waals surface area contributed by atoms with Gasteiger partial charge >= 0.3 is 12.4 Å². The predicted molar refractivity (Wildman–Crippen MR) is 150 cm³/mol. The zero-order valence-corrected chi connectivity index (χ0v) is 22.9. The van der Waals surface area contributed by atoms with Gasteiger partial charge in [-0.1, -0.05) is 42.5 Å². The number of anilines is 1. The van der Waals surface area contributed by atoms with Crippen LogP contribution in [0.15, 0.2) is 66.7 Å². The summed E-state index contributed by atoms with van der Waals surface area (Å²) in [6.45, 7) is 2.69. The van der Waals surface area contributed by atoms with Crippen LogP contribution < -0.4 is 10.2 Å². The second-order valence-corrected chi connectivity index (χ2v) is 10.3. The minimum atomic E-state index is -5.00. The standard InChI is InChI=1S/C31H28F6N4O/c1-38-29(42)28-25(24-9-5-7-20-6-3-4-8-23(20)24)18-27(41-12-10-40(2)11-13-41)39-26(28)16-19-14-21(30(32,33)34)17-22(15-19)31(35,36)37/h3-9,14-15,17-18H,10-13,16H2,1-2H3,(H,38,42). The van der Waals surface area contributed by atoms with Crippen molar-refractivity contribution in [2.75, 3.05) is 45.2 Å². The Balaban J connectivity index is 1.76. The summed E-state index contributed by atoms with van der Waals surface area (Å²) in [7, 11) is 3.40. The van der Waals surface area contributed by atoms with Crippen LogP contribution in [0.5, 0.6) is 0 Å². The summed E-state index contributed by atoms with van der Waals surface area (Å²) in [6, 6.07) is 16.4. The van der Waals surface area contributed by atoms with Crippen molar-refractivity contribution in [3.8, 4) is 11.1 Å². The number of benzene rings is 3. The van der Waals surface area contributed by atoms with Crippen molar-refractivity contribution < 1.29 is 31.1 Å². The highest BCUT2D eigenvalue weighted by molar-refractivity contribution is 6.07. The van der Waals surface area contributed by atoms with Crippen molar-refractivity contribution in [2.24, 2.45) is 0 Å². The Morgan fingerprint density at radius 3 is 2.07 bits per heavy atom. The molecule has 1 amide bonds. The van der Waals surface area contributed by atoms with Gasteiger partial charge in [0.05, 0.1) is 22.4 Å². The quantitative estimate of drug-likeness (QED) is 0.267. The average molecular weight is 587 g/mol. The van der Waals surface area contributed by atoms with Gasteiger partial charge in [-0.3, -0.25) is 4.79 Å². The molecule has 1 aliphatic heterocycles. The number of halogens is 6. The van der Waals surface area contributed by atoms with Gasteiger partial charge in [0.15, 0.2) is 0 Å². The summed E-state index contributed by atoms with van der Waals surface area (Å²) < 4.78 is 81.9. The lowest BCUT2D eigenvalue weighted by Gasteiger charge is -2.34. The van der Waals surface area contributed by atoms with Crippen LogP contribution in [0.3, 0.4) is 0 Å². The van der Waals surface area contributed by atoms with Crippen molar-refractivity contribution in [2.45, 2.75) is 18.8 Å². The second kappa shape index (κ2) is 11.3. The highest BCUT2D eigenvalue weighted by Gasteiger charge is 2.37. The van der Waals surface area contributed by atoms with E-state index >= 15 is 0 Å². The molecule has 1 fully saturated rings. The molecule has 0 bridgehead atoms. The number of carbonyl (C=O) groups excluding carboxylic acids is 1. The topological polar surface area (TPSA) is 48.5 Å². The number of rotatable bonds is 5. The van der Waals surface area contributed by atoms with Gasteiger partial charge in [-0.2, -0.15) is 26.3 Å². The normalized spacial score (nSPS) is 14.8. The molecule has 3 aromatic carbocycles. The molecule has 0 aliphatic carbocycles. The van der Waals surface area contributed by atoms with Crippen LogP contribution in [-0.4, -0.2) is 56.1 Å². The summed E-state index contributed by atoms with van der Waals surface area (Å²) in [4.78, 5) is 22.3. The maximum absolute atomic E-state index is 13.7. The van der Waals surface area contributed by atoms with E-state index in [1.165, 1.54) is 7.05 Å². The molecule has 5 rings (SSSR count). The molecule has 1 N–H and O–H groups in total. The molecule has 1 aromatic heterocycles. The Labute approximate surface area is 238 Å². The van der Waals surface area contributed by atoms with E-state index < -0.39 is 35.8 Å². The fourth-order valence-electron chi connectivity index (χ4n) is 5.27. The van der Waals surface area contributed by atoms with Gasteiger partial charge in [0.1, 0.15) is 5.82 Å². The molecule has 0 atom stereocenters. The zero-order chi connectivity index (χ0) is 30.2. The molecule has 0 spiro atoms. The second-order valence-electron chi connectivity index (χ2n) is 10.3. The van der Waals surface area contributed by atoms with Crippen LogP contribution in [-0.2, 0) is 18.8 Å². The largest absolute Gasteiger partial charge is 0.416 e. The molecule has 5 nitrogen and oxygen atoms in total. The van der Waals surface area contributed by atoms with Gasteiger partial charge < -0.3 is 15.1 Å². The number of pyridine rings is 1. The Bertz CT molecular complexity index is 1590. The van der Waals surface area contributed by atoms with Gasteiger partial charge in [0, 0.05) is 45.2 Å². The van der Waals surface area contributed by atoms with Gasteiger partial charge in [-0.25, -0.2) is 4.98 Å². The van der Waals surface area contributed by atoms with Crippen molar-refractivity contribution in [3.63, 3.8) is 0 Å². The van der Waals surface area contributed by atoms with Gasteiger partial charge in [0.25, 0.3) is 5.91 Å². The van der Waals surface area contributed by atoms with Crippen LogP contribution in [0.1, 0.15) is 32.7 Å². The van der Waals surface area contributed by atoms with E-state index in [4.69, 9.17) is 4.98 Å². The van der Waals surface area contributed by atoms with E-state index in [-0.39, 0.29) is 22.9 Å². The van der Waals surface area contributed by atoms with Gasteiger partial charge in [0.2, 0.25) is 0 Å². The number of hydrogen-bond donors (Lipinski definition) is 1. The first-order valence-electron chi connectivity index (χ1n) is 13.3. The van der Waals surface area contributed by atoms with Crippen LogP contribution in [0.2, 0.25) is 0 Å². The van der Waals surface area contributed by atoms with E-state index in [0.29, 0.717) is 42.2 Å². The summed E-state index contributed by atoms with van der Waals surface area (Å²) in [5.41, 5.74) is -1.72. The number of carbonyl (C=O) groups is 1. The lowest BCUT2D eigenvalue weighted by Crippen LogP contribution is -2.45. The zero-order valence-electron chi connectivity index (χ0n) is 22.9. The summed E-state index contributed by atoms with van der Waals surface area (Å²) in [5, 5.41) is 4.33. The highest BCUT2D eigenvalue weighted by Crippen LogP contribution is 2.39. The van der Waals surface area contributed by atoms with Gasteiger partial charge in [-0.15, -0.1) is 0 Å². The van der Waals surface area contributed by atoms with E-state index in [2.05, 4.69) is 10.2 Å². The predicted octanol–water partition coefficient (Wildman–Crippen LogP) is 6.64. The average Bonchev–Trinajstić information content (AvgIpc) is 2.95. The molecule has 1 aliphatic rings. The molecule has 4 aromatic rings. The Kier molecular flexibility index (Phi) is 7.89. The number of piperazine rings is 1. The molecule has 2 heterocycles. The maximum Gasteiger partial charge on any atom is 0.416 e. The summed E-state index contributed by atoms with van der Waals surface area (Å²) >= 11 is 0. The first kappa shape index (κ1) is 29.4. The third-order valence-corrected chi connectivity index (χ3v) is 7.46. The number of fused-ring (bicyclic) bond motifs is 1. The molecule has 0 unspecified atom stereocenters. The monoisotopic (exact) mass is 586 g/mol. The van der Waals surface area contributed by atoms with Crippen LogP contribution in [0.25, 0.3) is 21.9 Å². The van der Waals surface area contributed by atoms with E-state index in [1.54, 1.807) is 6.07 Å². The number of nitrogens with one attached hydrogen (secondary N) is 1. The third kappa shape index (κ3) is 6.06. The molecule has 11 heteroatoms. The number of aromatic nitrogens is 1. The first-order chi connectivity index (χ1) is 19.8. The lowest BCUT2D eigenvalue weighted by atomic mass is 9.91. The van der Waals surface area contributed by atoms with Crippen molar-refractivity contribution in [3.05, 3.63) is 94.7 Å². The molecular formula is C31H28F6N4O. The molecule has 220 valence electrons. The maximum atomic E-state index is 13.7. The smallest absolute Gasteiger partial charge is 0.355 e. The SMILES string of the molecule is CNC(=O)c1c(-c2cccc3ccccc23)cc(N2CCN(C)CC2)nc1Cc1cc(C(F)(F)F)cc(C(F)(F)F)c1. The summed E-state index contributed by atoms with van der Waals surface area (Å²) in [5.74, 6) is -0.0508. The lowest BCUT2D eigenvalue weighted by molar-refractivity contribution is -0.143. The van der Waals surface area contributed by atoms with Crippen LogP contribution in [0, 0.1) is 0 Å². The van der Waals surface area contributed by atoms with Crippen LogP contribution in [0.4, 0.5) is 32.2 Å². The minimum absolute atomic E-state index is 0.0844. The highest BCUT2D eigenvalue weighted by atomic mass is 19.4. The van der Waals surface area contributed by atoms with Crippen molar-refractivity contribution in [1.29, 1.82) is 0 Å². The Morgan fingerprint density at radius 1 is 0.833 bits per heavy atom. The molecule has 1 saturated heterocycles. The van der Waals surface area contributed by atoms with Crippen LogP contribution >= 0.6 is 0 Å². The summed E-state index contributed by atoms with van der Waals surface area (Å²) in [6.07, 6.45) is -10.4. The van der Waals surface area contributed by atoms with E-state index in [0.717, 1.165) is 23.9 Å². The number of alkyl halides is 6.